The fourth-order valence-corrected chi connectivity index (χ4v) is 1.72. The minimum absolute atomic E-state index is 0.558. The van der Waals surface area contributed by atoms with Crippen LogP contribution in [0.15, 0.2) is 24.3 Å². The largest absolute Gasteiger partial charge is 0.494 e. The van der Waals surface area contributed by atoms with E-state index < -0.39 is 0 Å². The molecule has 0 unspecified atom stereocenters. The highest BCUT2D eigenvalue weighted by Crippen LogP contribution is 2.14. The molecular weight excluding hydrogens is 301 g/mol. The van der Waals surface area contributed by atoms with E-state index in [0.29, 0.717) is 6.04 Å². The van der Waals surface area contributed by atoms with Crippen LogP contribution in [0.4, 0.5) is 0 Å². The Balaban J connectivity index is 2.15. The summed E-state index contributed by atoms with van der Waals surface area (Å²) < 4.78 is 6.84. The van der Waals surface area contributed by atoms with E-state index in [0.717, 1.165) is 25.3 Å². The van der Waals surface area contributed by atoms with Gasteiger partial charge in [-0.25, -0.2) is 0 Å². The lowest BCUT2D eigenvalue weighted by molar-refractivity contribution is 0.306. The van der Waals surface area contributed by atoms with Crippen LogP contribution in [0.1, 0.15) is 20.3 Å². The van der Waals surface area contributed by atoms with Crippen molar-refractivity contribution in [1.29, 1.82) is 0 Å². The van der Waals surface area contributed by atoms with Crippen LogP contribution in [0.2, 0.25) is 0 Å². The SMILES string of the molecule is CC(C)NCCCOc1cccc(I)c1. The first-order chi connectivity index (χ1) is 7.18. The topological polar surface area (TPSA) is 21.3 Å². The van der Waals surface area contributed by atoms with Crippen LogP contribution in [0.3, 0.4) is 0 Å². The van der Waals surface area contributed by atoms with Gasteiger partial charge in [0.2, 0.25) is 0 Å². The monoisotopic (exact) mass is 319 g/mol. The zero-order valence-corrected chi connectivity index (χ0v) is 11.5. The molecule has 15 heavy (non-hydrogen) atoms. The van der Waals surface area contributed by atoms with Gasteiger partial charge in [-0.2, -0.15) is 0 Å². The highest BCUT2D eigenvalue weighted by atomic mass is 127. The summed E-state index contributed by atoms with van der Waals surface area (Å²) in [4.78, 5) is 0. The molecule has 0 atom stereocenters. The van der Waals surface area contributed by atoms with Gasteiger partial charge in [-0.15, -0.1) is 0 Å². The normalized spacial score (nSPS) is 10.7. The Bertz CT molecular complexity index is 289. The van der Waals surface area contributed by atoms with E-state index in [2.05, 4.69) is 53.9 Å². The molecule has 84 valence electrons. The molecule has 0 heterocycles. The fraction of sp³-hybridized carbons (Fsp3) is 0.500. The van der Waals surface area contributed by atoms with Gasteiger partial charge in [0.05, 0.1) is 6.61 Å². The molecule has 3 heteroatoms. The second-order valence-corrected chi connectivity index (χ2v) is 5.01. The third-order valence-electron chi connectivity index (χ3n) is 1.94. The highest BCUT2D eigenvalue weighted by molar-refractivity contribution is 14.1. The van der Waals surface area contributed by atoms with Gasteiger partial charge in [0.25, 0.3) is 0 Å². The van der Waals surface area contributed by atoms with Crippen molar-refractivity contribution in [3.8, 4) is 5.75 Å². The van der Waals surface area contributed by atoms with Crippen molar-refractivity contribution >= 4 is 22.6 Å². The minimum Gasteiger partial charge on any atom is -0.494 e. The van der Waals surface area contributed by atoms with Gasteiger partial charge in [-0.1, -0.05) is 19.9 Å². The summed E-state index contributed by atoms with van der Waals surface area (Å²) in [6.45, 7) is 6.10. The van der Waals surface area contributed by atoms with Crippen molar-refractivity contribution in [3.63, 3.8) is 0 Å². The summed E-state index contributed by atoms with van der Waals surface area (Å²) >= 11 is 2.29. The fourth-order valence-electron chi connectivity index (χ4n) is 1.21. The standard InChI is InChI=1S/C12H18INO/c1-10(2)14-7-4-8-15-12-6-3-5-11(13)9-12/h3,5-6,9-10,14H,4,7-8H2,1-2H3. The molecule has 0 saturated heterocycles. The second kappa shape index (κ2) is 7.06. The molecule has 0 spiro atoms. The molecule has 0 aliphatic heterocycles. The molecule has 0 aliphatic carbocycles. The summed E-state index contributed by atoms with van der Waals surface area (Å²) in [5.74, 6) is 0.964. The number of rotatable bonds is 6. The first kappa shape index (κ1) is 12.8. The lowest BCUT2D eigenvalue weighted by atomic mass is 10.3. The van der Waals surface area contributed by atoms with E-state index in [1.807, 2.05) is 12.1 Å². The summed E-state index contributed by atoms with van der Waals surface area (Å²) in [5, 5.41) is 3.36. The summed E-state index contributed by atoms with van der Waals surface area (Å²) in [6, 6.07) is 8.69. The predicted molar refractivity (Wildman–Crippen MR) is 72.4 cm³/mol. The molecule has 0 aromatic heterocycles. The van der Waals surface area contributed by atoms with E-state index in [-0.39, 0.29) is 0 Å². The number of hydrogen-bond donors (Lipinski definition) is 1. The van der Waals surface area contributed by atoms with Crippen LogP contribution >= 0.6 is 22.6 Å². The van der Waals surface area contributed by atoms with E-state index in [1.54, 1.807) is 0 Å². The van der Waals surface area contributed by atoms with Crippen molar-refractivity contribution < 1.29 is 4.74 Å². The number of benzene rings is 1. The van der Waals surface area contributed by atoms with Gasteiger partial charge in [-0.05, 0) is 53.8 Å². The number of nitrogens with one attached hydrogen (secondary N) is 1. The molecule has 0 aliphatic rings. The maximum absolute atomic E-state index is 5.62. The predicted octanol–water partition coefficient (Wildman–Crippen LogP) is 3.06. The smallest absolute Gasteiger partial charge is 0.120 e. The maximum atomic E-state index is 5.62. The van der Waals surface area contributed by atoms with Crippen molar-refractivity contribution in [2.75, 3.05) is 13.2 Å². The van der Waals surface area contributed by atoms with E-state index in [9.17, 15) is 0 Å². The van der Waals surface area contributed by atoms with Crippen LogP contribution < -0.4 is 10.1 Å². The van der Waals surface area contributed by atoms with Crippen molar-refractivity contribution in [2.45, 2.75) is 26.3 Å². The molecule has 0 saturated carbocycles. The number of halogens is 1. The Morgan fingerprint density at radius 2 is 2.20 bits per heavy atom. The van der Waals surface area contributed by atoms with Crippen molar-refractivity contribution in [2.24, 2.45) is 0 Å². The summed E-state index contributed by atoms with van der Waals surface area (Å²) in [5.41, 5.74) is 0. The number of hydrogen-bond acceptors (Lipinski definition) is 2. The summed E-state index contributed by atoms with van der Waals surface area (Å²) in [7, 11) is 0. The summed E-state index contributed by atoms with van der Waals surface area (Å²) in [6.07, 6.45) is 1.05. The Morgan fingerprint density at radius 1 is 1.40 bits per heavy atom. The lowest BCUT2D eigenvalue weighted by Gasteiger charge is -2.09. The Labute approximate surface area is 106 Å². The van der Waals surface area contributed by atoms with E-state index in [1.165, 1.54) is 3.57 Å². The van der Waals surface area contributed by atoms with E-state index >= 15 is 0 Å². The Kier molecular flexibility index (Phi) is 6.02. The second-order valence-electron chi connectivity index (χ2n) is 3.77. The van der Waals surface area contributed by atoms with Crippen LogP contribution in [0, 0.1) is 3.57 Å². The van der Waals surface area contributed by atoms with Crippen LogP contribution in [-0.2, 0) is 0 Å². The van der Waals surface area contributed by atoms with Gasteiger partial charge in [-0.3, -0.25) is 0 Å². The lowest BCUT2D eigenvalue weighted by Crippen LogP contribution is -2.24. The quantitative estimate of drug-likeness (QED) is 0.643. The van der Waals surface area contributed by atoms with E-state index in [4.69, 9.17) is 4.74 Å². The average Bonchev–Trinajstić information content (AvgIpc) is 2.17. The zero-order valence-electron chi connectivity index (χ0n) is 9.29. The van der Waals surface area contributed by atoms with Crippen LogP contribution in [0.5, 0.6) is 5.75 Å². The zero-order chi connectivity index (χ0) is 11.1. The van der Waals surface area contributed by atoms with Crippen molar-refractivity contribution in [1.82, 2.24) is 5.32 Å². The van der Waals surface area contributed by atoms with Crippen LogP contribution in [-0.4, -0.2) is 19.2 Å². The van der Waals surface area contributed by atoms with Gasteiger partial charge in [0, 0.05) is 9.61 Å². The molecule has 0 bridgehead atoms. The van der Waals surface area contributed by atoms with Gasteiger partial charge < -0.3 is 10.1 Å². The molecular formula is C12H18INO. The van der Waals surface area contributed by atoms with Crippen molar-refractivity contribution in [3.05, 3.63) is 27.8 Å². The maximum Gasteiger partial charge on any atom is 0.120 e. The third kappa shape index (κ3) is 5.99. The molecule has 0 amide bonds. The molecule has 1 aromatic rings. The van der Waals surface area contributed by atoms with Gasteiger partial charge >= 0.3 is 0 Å². The number of ether oxygens (including phenoxy) is 1. The van der Waals surface area contributed by atoms with Crippen LogP contribution in [0.25, 0.3) is 0 Å². The molecule has 2 nitrogen and oxygen atoms in total. The Hall–Kier alpha value is -0.290. The van der Waals surface area contributed by atoms with Gasteiger partial charge in [0.15, 0.2) is 0 Å². The molecule has 0 fully saturated rings. The molecule has 1 aromatic carbocycles. The molecule has 1 rings (SSSR count). The third-order valence-corrected chi connectivity index (χ3v) is 2.61. The Morgan fingerprint density at radius 3 is 2.87 bits per heavy atom. The molecule has 1 N–H and O–H groups in total. The molecule has 0 radical (unpaired) electrons. The average molecular weight is 319 g/mol. The van der Waals surface area contributed by atoms with Gasteiger partial charge in [0.1, 0.15) is 5.75 Å². The highest BCUT2D eigenvalue weighted by Gasteiger charge is 1.95. The first-order valence-corrected chi connectivity index (χ1v) is 6.38. The first-order valence-electron chi connectivity index (χ1n) is 5.30. The minimum atomic E-state index is 0.558.